The lowest BCUT2D eigenvalue weighted by Gasteiger charge is -2.31. The number of ether oxygens (including phenoxy) is 1. The van der Waals surface area contributed by atoms with E-state index in [0.29, 0.717) is 38.1 Å². The molecule has 0 saturated carbocycles. The van der Waals surface area contributed by atoms with Gasteiger partial charge in [-0.15, -0.1) is 0 Å². The molecule has 1 heterocycles. The fourth-order valence-corrected chi connectivity index (χ4v) is 4.89. The molecule has 0 radical (unpaired) electrons. The van der Waals surface area contributed by atoms with Crippen molar-refractivity contribution in [3.63, 3.8) is 0 Å². The van der Waals surface area contributed by atoms with Crippen LogP contribution in [-0.4, -0.2) is 36.5 Å². The van der Waals surface area contributed by atoms with Crippen molar-refractivity contribution < 1.29 is 18.7 Å². The largest absolute Gasteiger partial charge is 0.465 e. The molecule has 5 heteroatoms. The lowest BCUT2D eigenvalue weighted by molar-refractivity contribution is -0.150. The SMILES string of the molecule is CCCCCCCCCCCCCCCCCOC(=O)C1CCN(C(=O)c2cccc(F)c2)CC1. The Bertz CT molecular complexity index is 715. The van der Waals surface area contributed by atoms with Gasteiger partial charge in [-0.1, -0.05) is 103 Å². The summed E-state index contributed by atoms with van der Waals surface area (Å²) < 4.78 is 18.9. The zero-order chi connectivity index (χ0) is 25.1. The van der Waals surface area contributed by atoms with Crippen molar-refractivity contribution in [3.05, 3.63) is 35.6 Å². The zero-order valence-corrected chi connectivity index (χ0v) is 22.1. The summed E-state index contributed by atoms with van der Waals surface area (Å²) in [6.45, 7) is 3.79. The molecule has 35 heavy (non-hydrogen) atoms. The molecule has 198 valence electrons. The van der Waals surface area contributed by atoms with Gasteiger partial charge < -0.3 is 9.64 Å². The Balaban J connectivity index is 1.40. The molecule has 1 fully saturated rings. The molecule has 0 unspecified atom stereocenters. The highest BCUT2D eigenvalue weighted by Crippen LogP contribution is 2.21. The number of rotatable bonds is 18. The zero-order valence-electron chi connectivity index (χ0n) is 22.1. The highest BCUT2D eigenvalue weighted by atomic mass is 19.1. The Kier molecular flexibility index (Phi) is 15.4. The minimum absolute atomic E-state index is 0.131. The molecule has 0 N–H and O–H groups in total. The monoisotopic (exact) mass is 489 g/mol. The summed E-state index contributed by atoms with van der Waals surface area (Å²) in [5.74, 6) is -0.849. The average Bonchev–Trinajstić information content (AvgIpc) is 2.88. The second-order valence-corrected chi connectivity index (χ2v) is 10.2. The lowest BCUT2D eigenvalue weighted by Crippen LogP contribution is -2.40. The van der Waals surface area contributed by atoms with Crippen LogP contribution in [0.4, 0.5) is 4.39 Å². The van der Waals surface area contributed by atoms with E-state index in [1.165, 1.54) is 95.6 Å². The molecule has 0 bridgehead atoms. The van der Waals surface area contributed by atoms with E-state index in [-0.39, 0.29) is 17.8 Å². The summed E-state index contributed by atoms with van der Waals surface area (Å²) in [4.78, 5) is 26.6. The number of hydrogen-bond acceptors (Lipinski definition) is 3. The van der Waals surface area contributed by atoms with Crippen molar-refractivity contribution in [3.8, 4) is 0 Å². The molecule has 0 aromatic heterocycles. The lowest BCUT2D eigenvalue weighted by atomic mass is 9.96. The molecular formula is C30H48FNO3. The van der Waals surface area contributed by atoms with Gasteiger partial charge in [-0.25, -0.2) is 4.39 Å². The van der Waals surface area contributed by atoms with Gasteiger partial charge in [-0.05, 0) is 37.5 Å². The van der Waals surface area contributed by atoms with E-state index in [2.05, 4.69) is 6.92 Å². The Hall–Kier alpha value is -1.91. The van der Waals surface area contributed by atoms with E-state index in [1.807, 2.05) is 0 Å². The Morgan fingerprint density at radius 1 is 0.829 bits per heavy atom. The summed E-state index contributed by atoms with van der Waals surface area (Å²) in [6, 6.07) is 5.77. The molecule has 0 spiro atoms. The number of halogens is 1. The normalized spacial score (nSPS) is 14.3. The number of esters is 1. The highest BCUT2D eigenvalue weighted by molar-refractivity contribution is 5.94. The standard InChI is InChI=1S/C30H48FNO3/c1-2-3-4-5-6-7-8-9-10-11-12-13-14-15-16-24-35-30(34)26-20-22-32(23-21-26)29(33)27-18-17-19-28(31)25-27/h17-19,25-26H,2-16,20-24H2,1H3. The van der Waals surface area contributed by atoms with Crippen molar-refractivity contribution in [2.24, 2.45) is 5.92 Å². The Morgan fingerprint density at radius 2 is 1.34 bits per heavy atom. The third-order valence-corrected chi connectivity index (χ3v) is 7.18. The Labute approximate surface area is 213 Å². The van der Waals surface area contributed by atoms with Gasteiger partial charge in [0, 0.05) is 18.7 Å². The first kappa shape index (κ1) is 29.3. The molecule has 1 aliphatic heterocycles. The van der Waals surface area contributed by atoms with Crippen LogP contribution in [0.5, 0.6) is 0 Å². The fourth-order valence-electron chi connectivity index (χ4n) is 4.89. The third-order valence-electron chi connectivity index (χ3n) is 7.18. The number of carbonyl (C=O) groups is 2. The predicted molar refractivity (Wildman–Crippen MR) is 141 cm³/mol. The van der Waals surface area contributed by atoms with Crippen LogP contribution < -0.4 is 0 Å². The maximum Gasteiger partial charge on any atom is 0.309 e. The summed E-state index contributed by atoms with van der Waals surface area (Å²) in [5.41, 5.74) is 0.360. The molecule has 1 amide bonds. The van der Waals surface area contributed by atoms with Crippen LogP contribution >= 0.6 is 0 Å². The van der Waals surface area contributed by atoms with Gasteiger partial charge in [-0.3, -0.25) is 9.59 Å². The molecule has 1 aromatic rings. The fraction of sp³-hybridized carbons (Fsp3) is 0.733. The van der Waals surface area contributed by atoms with E-state index in [1.54, 1.807) is 17.0 Å². The second-order valence-electron chi connectivity index (χ2n) is 10.2. The van der Waals surface area contributed by atoms with Gasteiger partial charge in [-0.2, -0.15) is 0 Å². The van der Waals surface area contributed by atoms with E-state index >= 15 is 0 Å². The Morgan fingerprint density at radius 3 is 1.86 bits per heavy atom. The van der Waals surface area contributed by atoms with E-state index in [0.717, 1.165) is 12.8 Å². The number of nitrogens with zero attached hydrogens (tertiary/aromatic N) is 1. The second kappa shape index (κ2) is 18.4. The van der Waals surface area contributed by atoms with Crippen LogP contribution in [-0.2, 0) is 9.53 Å². The number of hydrogen-bond donors (Lipinski definition) is 0. The van der Waals surface area contributed by atoms with E-state index < -0.39 is 5.82 Å². The topological polar surface area (TPSA) is 46.6 Å². The van der Waals surface area contributed by atoms with Crippen LogP contribution in [0.1, 0.15) is 126 Å². The maximum atomic E-state index is 13.4. The highest BCUT2D eigenvalue weighted by Gasteiger charge is 2.28. The van der Waals surface area contributed by atoms with Crippen LogP contribution in [0.3, 0.4) is 0 Å². The van der Waals surface area contributed by atoms with Crippen molar-refractivity contribution in [2.75, 3.05) is 19.7 Å². The van der Waals surface area contributed by atoms with Gasteiger partial charge in [0.15, 0.2) is 0 Å². The van der Waals surface area contributed by atoms with E-state index in [9.17, 15) is 14.0 Å². The van der Waals surface area contributed by atoms with Crippen LogP contribution in [0.15, 0.2) is 24.3 Å². The van der Waals surface area contributed by atoms with Gasteiger partial charge in [0.05, 0.1) is 12.5 Å². The smallest absolute Gasteiger partial charge is 0.309 e. The summed E-state index contributed by atoms with van der Waals surface area (Å²) in [6.07, 6.45) is 21.0. The van der Waals surface area contributed by atoms with Gasteiger partial charge in [0.25, 0.3) is 5.91 Å². The van der Waals surface area contributed by atoms with Gasteiger partial charge >= 0.3 is 5.97 Å². The van der Waals surface area contributed by atoms with Crippen LogP contribution in [0.25, 0.3) is 0 Å². The third kappa shape index (κ3) is 12.6. The van der Waals surface area contributed by atoms with Crippen molar-refractivity contribution in [1.82, 2.24) is 4.90 Å². The van der Waals surface area contributed by atoms with Crippen molar-refractivity contribution in [2.45, 2.75) is 116 Å². The van der Waals surface area contributed by atoms with Crippen molar-refractivity contribution in [1.29, 1.82) is 0 Å². The quantitative estimate of drug-likeness (QED) is 0.155. The van der Waals surface area contributed by atoms with E-state index in [4.69, 9.17) is 4.74 Å². The summed E-state index contributed by atoms with van der Waals surface area (Å²) in [7, 11) is 0. The van der Waals surface area contributed by atoms with Crippen LogP contribution in [0.2, 0.25) is 0 Å². The number of amides is 1. The predicted octanol–water partition coefficient (Wildman–Crippen LogP) is 8.09. The number of unbranched alkanes of at least 4 members (excludes halogenated alkanes) is 14. The number of piperidine rings is 1. The maximum absolute atomic E-state index is 13.4. The molecular weight excluding hydrogens is 441 g/mol. The molecule has 1 aliphatic rings. The van der Waals surface area contributed by atoms with Gasteiger partial charge in [0.1, 0.15) is 5.82 Å². The first-order valence-corrected chi connectivity index (χ1v) is 14.3. The molecule has 0 atom stereocenters. The molecule has 4 nitrogen and oxygen atoms in total. The first-order valence-electron chi connectivity index (χ1n) is 14.3. The molecule has 2 rings (SSSR count). The van der Waals surface area contributed by atoms with Crippen LogP contribution in [0, 0.1) is 11.7 Å². The van der Waals surface area contributed by atoms with Gasteiger partial charge in [0.2, 0.25) is 0 Å². The minimum Gasteiger partial charge on any atom is -0.465 e. The molecule has 0 aliphatic carbocycles. The number of likely N-dealkylation sites (tertiary alicyclic amines) is 1. The summed E-state index contributed by atoms with van der Waals surface area (Å²) >= 11 is 0. The summed E-state index contributed by atoms with van der Waals surface area (Å²) in [5, 5.41) is 0. The average molecular weight is 490 g/mol. The molecule has 1 aromatic carbocycles. The van der Waals surface area contributed by atoms with Crippen molar-refractivity contribution >= 4 is 11.9 Å². The molecule has 1 saturated heterocycles. The number of benzene rings is 1. The number of carbonyl (C=O) groups excluding carboxylic acids is 2. The first-order chi connectivity index (χ1) is 17.1. The minimum atomic E-state index is -0.409.